The Kier molecular flexibility index (Phi) is 4.60. The van der Waals surface area contributed by atoms with Gasteiger partial charge in [0.05, 0.1) is 13.9 Å². The van der Waals surface area contributed by atoms with Crippen molar-refractivity contribution in [3.05, 3.63) is 34.4 Å². The van der Waals surface area contributed by atoms with Crippen LogP contribution in [0.2, 0.25) is 19.6 Å². The topological polar surface area (TPSA) is 83.9 Å². The van der Waals surface area contributed by atoms with Crippen molar-refractivity contribution in [2.45, 2.75) is 40.0 Å². The third-order valence-corrected chi connectivity index (χ3v) is 5.07. The van der Waals surface area contributed by atoms with Gasteiger partial charge in [0, 0.05) is 23.0 Å². The largest absolute Gasteiger partial charge is 0.386 e. The molecule has 20 heavy (non-hydrogen) atoms. The molecule has 6 heteroatoms. The van der Waals surface area contributed by atoms with Crippen molar-refractivity contribution in [1.29, 1.82) is 5.41 Å². The van der Waals surface area contributed by atoms with Gasteiger partial charge in [0.1, 0.15) is 5.82 Å². The molecule has 0 atom stereocenters. The molecular weight excluding hydrogens is 268 g/mol. The Morgan fingerprint density at radius 1 is 1.50 bits per heavy atom. The minimum atomic E-state index is -1.78. The first-order valence-corrected chi connectivity index (χ1v) is 10.1. The molecule has 0 amide bonds. The van der Waals surface area contributed by atoms with Crippen LogP contribution in [-0.4, -0.2) is 18.4 Å². The fraction of sp³-hybridized carbons (Fsp3) is 0.429. The standard InChI is InChI=1S/C14H24N4OSi/c1-7-18-13(17-10(3)16)11(9(2)15)8-12(14(18)19)20(4,5)6/h8,15,17H,3,7,16H2,1-2,4-6H3. The monoisotopic (exact) mass is 292 g/mol. The third kappa shape index (κ3) is 3.19. The second-order valence-corrected chi connectivity index (χ2v) is 10.9. The highest BCUT2D eigenvalue weighted by atomic mass is 28.3. The van der Waals surface area contributed by atoms with Gasteiger partial charge < -0.3 is 16.5 Å². The van der Waals surface area contributed by atoms with Gasteiger partial charge in [-0.3, -0.25) is 9.36 Å². The van der Waals surface area contributed by atoms with Crippen LogP contribution in [0.15, 0.2) is 23.3 Å². The summed E-state index contributed by atoms with van der Waals surface area (Å²) in [6.45, 7) is 14.1. The second-order valence-electron chi connectivity index (χ2n) is 5.89. The lowest BCUT2D eigenvalue weighted by molar-refractivity contribution is 0.737. The number of rotatable bonds is 5. The number of aromatic nitrogens is 1. The molecule has 0 spiro atoms. The van der Waals surface area contributed by atoms with E-state index < -0.39 is 8.07 Å². The van der Waals surface area contributed by atoms with E-state index in [1.54, 1.807) is 11.5 Å². The SMILES string of the molecule is C=C(N)Nc1c(C(C)=N)cc([Si](C)(C)C)c(=O)n1CC. The van der Waals surface area contributed by atoms with Crippen molar-refractivity contribution < 1.29 is 0 Å². The number of pyridine rings is 1. The number of nitrogens with zero attached hydrogens (tertiary/aromatic N) is 1. The van der Waals surface area contributed by atoms with Gasteiger partial charge >= 0.3 is 0 Å². The van der Waals surface area contributed by atoms with Crippen LogP contribution in [-0.2, 0) is 6.54 Å². The molecule has 0 radical (unpaired) electrons. The highest BCUT2D eigenvalue weighted by Crippen LogP contribution is 2.16. The van der Waals surface area contributed by atoms with Crippen molar-refractivity contribution in [2.75, 3.05) is 5.32 Å². The molecule has 0 saturated carbocycles. The summed E-state index contributed by atoms with van der Waals surface area (Å²) in [5.74, 6) is 0.814. The minimum Gasteiger partial charge on any atom is -0.386 e. The first kappa shape index (κ1) is 16.2. The van der Waals surface area contributed by atoms with E-state index in [0.717, 1.165) is 5.19 Å². The fourth-order valence-corrected chi connectivity index (χ4v) is 3.43. The summed E-state index contributed by atoms with van der Waals surface area (Å²) >= 11 is 0. The molecule has 1 rings (SSSR count). The Morgan fingerprint density at radius 2 is 2.05 bits per heavy atom. The molecule has 0 aliphatic rings. The molecule has 0 unspecified atom stereocenters. The molecule has 1 aromatic rings. The zero-order chi connectivity index (χ0) is 15.7. The zero-order valence-electron chi connectivity index (χ0n) is 12.9. The highest BCUT2D eigenvalue weighted by molar-refractivity contribution is 6.88. The van der Waals surface area contributed by atoms with Gasteiger partial charge in [0.25, 0.3) is 5.56 Å². The summed E-state index contributed by atoms with van der Waals surface area (Å²) in [5.41, 5.74) is 6.71. The minimum absolute atomic E-state index is 0.000386. The number of hydrogen-bond donors (Lipinski definition) is 3. The lowest BCUT2D eigenvalue weighted by Crippen LogP contribution is -2.51. The van der Waals surface area contributed by atoms with Crippen LogP contribution in [0.1, 0.15) is 19.4 Å². The van der Waals surface area contributed by atoms with E-state index in [9.17, 15) is 4.79 Å². The average Bonchev–Trinajstić information content (AvgIpc) is 2.26. The second kappa shape index (κ2) is 5.66. The first-order chi connectivity index (χ1) is 9.09. The van der Waals surface area contributed by atoms with Crippen LogP contribution < -0.4 is 21.8 Å². The average molecular weight is 292 g/mol. The molecule has 0 bridgehead atoms. The lowest BCUT2D eigenvalue weighted by atomic mass is 10.1. The zero-order valence-corrected chi connectivity index (χ0v) is 13.9. The number of hydrogen-bond acceptors (Lipinski definition) is 4. The quantitative estimate of drug-likeness (QED) is 0.570. The summed E-state index contributed by atoms with van der Waals surface area (Å²) in [7, 11) is -1.78. The smallest absolute Gasteiger partial charge is 0.251 e. The molecule has 1 heterocycles. The maximum Gasteiger partial charge on any atom is 0.251 e. The van der Waals surface area contributed by atoms with E-state index in [1.165, 1.54) is 0 Å². The Balaban J connectivity index is 3.76. The van der Waals surface area contributed by atoms with Crippen molar-refractivity contribution in [1.82, 2.24) is 4.57 Å². The molecule has 4 N–H and O–H groups in total. The molecule has 0 fully saturated rings. The Hall–Kier alpha value is -1.82. The summed E-state index contributed by atoms with van der Waals surface area (Å²) in [4.78, 5) is 12.6. The predicted octanol–water partition coefficient (Wildman–Crippen LogP) is 1.64. The predicted molar refractivity (Wildman–Crippen MR) is 88.8 cm³/mol. The maximum absolute atomic E-state index is 12.6. The molecule has 5 nitrogen and oxygen atoms in total. The summed E-state index contributed by atoms with van der Waals surface area (Å²) in [6, 6.07) is 1.84. The Labute approximate surface area is 121 Å². The van der Waals surface area contributed by atoms with Crippen LogP contribution >= 0.6 is 0 Å². The molecule has 0 aliphatic heterocycles. The molecule has 0 aromatic carbocycles. The van der Waals surface area contributed by atoms with Gasteiger partial charge in [-0.25, -0.2) is 0 Å². The highest BCUT2D eigenvalue weighted by Gasteiger charge is 2.25. The van der Waals surface area contributed by atoms with Gasteiger partial charge in [-0.15, -0.1) is 0 Å². The van der Waals surface area contributed by atoms with Crippen molar-refractivity contribution in [3.63, 3.8) is 0 Å². The molecule has 0 saturated heterocycles. The lowest BCUT2D eigenvalue weighted by Gasteiger charge is -2.23. The van der Waals surface area contributed by atoms with Crippen LogP contribution in [0, 0.1) is 5.41 Å². The summed E-state index contributed by atoms with van der Waals surface area (Å²) < 4.78 is 1.64. The van der Waals surface area contributed by atoms with Gasteiger partial charge in [-0.1, -0.05) is 26.2 Å². The van der Waals surface area contributed by atoms with E-state index in [-0.39, 0.29) is 11.4 Å². The van der Waals surface area contributed by atoms with E-state index in [0.29, 0.717) is 23.6 Å². The summed E-state index contributed by atoms with van der Waals surface area (Å²) in [5, 5.41) is 11.7. The molecule has 0 aliphatic carbocycles. The number of nitrogens with one attached hydrogen (secondary N) is 2. The Bertz CT molecular complexity index is 611. The van der Waals surface area contributed by atoms with E-state index in [4.69, 9.17) is 11.1 Å². The fourth-order valence-electron chi connectivity index (χ4n) is 2.08. The van der Waals surface area contributed by atoms with Gasteiger partial charge in [0.2, 0.25) is 0 Å². The first-order valence-electron chi connectivity index (χ1n) is 6.64. The van der Waals surface area contributed by atoms with Crippen molar-refractivity contribution >= 4 is 24.8 Å². The molecular formula is C14H24N4OSi. The molecule has 1 aromatic heterocycles. The van der Waals surface area contributed by atoms with Crippen LogP contribution in [0.5, 0.6) is 0 Å². The van der Waals surface area contributed by atoms with E-state index >= 15 is 0 Å². The van der Waals surface area contributed by atoms with Crippen LogP contribution in [0.25, 0.3) is 0 Å². The van der Waals surface area contributed by atoms with Gasteiger partial charge in [0.15, 0.2) is 0 Å². The third-order valence-electron chi connectivity index (χ3n) is 3.10. The number of anilines is 1. The van der Waals surface area contributed by atoms with Crippen molar-refractivity contribution in [3.8, 4) is 0 Å². The number of nitrogens with two attached hydrogens (primary N) is 1. The normalized spacial score (nSPS) is 11.2. The summed E-state index contributed by atoms with van der Waals surface area (Å²) in [6.07, 6.45) is 0. The van der Waals surface area contributed by atoms with Gasteiger partial charge in [-0.05, 0) is 19.9 Å². The van der Waals surface area contributed by atoms with Gasteiger partial charge in [-0.2, -0.15) is 0 Å². The molecule has 110 valence electrons. The van der Waals surface area contributed by atoms with E-state index in [2.05, 4.69) is 31.5 Å². The maximum atomic E-state index is 12.6. The Morgan fingerprint density at radius 3 is 2.40 bits per heavy atom. The van der Waals surface area contributed by atoms with E-state index in [1.807, 2.05) is 13.0 Å². The van der Waals surface area contributed by atoms with Crippen LogP contribution in [0.4, 0.5) is 5.82 Å². The van der Waals surface area contributed by atoms with Crippen LogP contribution in [0.3, 0.4) is 0 Å². The van der Waals surface area contributed by atoms with Crippen molar-refractivity contribution in [2.24, 2.45) is 5.73 Å².